The second-order valence-electron chi connectivity index (χ2n) is 3.75. The van der Waals surface area contributed by atoms with E-state index < -0.39 is 6.10 Å². The van der Waals surface area contributed by atoms with E-state index in [1.807, 2.05) is 6.07 Å². The van der Waals surface area contributed by atoms with E-state index in [4.69, 9.17) is 5.26 Å². The third kappa shape index (κ3) is 1.90. The van der Waals surface area contributed by atoms with E-state index in [-0.39, 0.29) is 24.9 Å². The molecule has 6 heteroatoms. The van der Waals surface area contributed by atoms with Crippen LogP contribution >= 0.6 is 0 Å². The summed E-state index contributed by atoms with van der Waals surface area (Å²) < 4.78 is 1.64. The fraction of sp³-hybridized carbons (Fsp3) is 0.500. The standard InChI is InChI=1S/C10H12N4O2/c11-3-2-10(16)13-6-8(9(15)7-13)14-5-1-4-12-14/h1,4-5,8-9,15H,2,6-7H2/t8-,9-/m0/s1. The highest BCUT2D eigenvalue weighted by Gasteiger charge is 2.35. The van der Waals surface area contributed by atoms with Gasteiger partial charge < -0.3 is 10.0 Å². The van der Waals surface area contributed by atoms with Crippen LogP contribution in [0.2, 0.25) is 0 Å². The fourth-order valence-corrected chi connectivity index (χ4v) is 1.89. The van der Waals surface area contributed by atoms with Gasteiger partial charge in [-0.15, -0.1) is 0 Å². The van der Waals surface area contributed by atoms with Gasteiger partial charge in [0.15, 0.2) is 0 Å². The molecular formula is C10H12N4O2. The van der Waals surface area contributed by atoms with Gasteiger partial charge >= 0.3 is 0 Å². The van der Waals surface area contributed by atoms with Crippen LogP contribution in [-0.2, 0) is 4.79 Å². The first-order valence-electron chi connectivity index (χ1n) is 5.04. The van der Waals surface area contributed by atoms with E-state index in [2.05, 4.69) is 5.10 Å². The highest BCUT2D eigenvalue weighted by atomic mass is 16.3. The summed E-state index contributed by atoms with van der Waals surface area (Å²) >= 11 is 0. The average molecular weight is 220 g/mol. The topological polar surface area (TPSA) is 82.1 Å². The molecule has 2 rings (SSSR count). The van der Waals surface area contributed by atoms with Crippen LogP contribution in [0.3, 0.4) is 0 Å². The lowest BCUT2D eigenvalue weighted by molar-refractivity contribution is -0.129. The molecule has 2 atom stereocenters. The minimum Gasteiger partial charge on any atom is -0.389 e. The SMILES string of the molecule is N#CCC(=O)N1C[C@H](O)[C@@H](n2cccn2)C1. The van der Waals surface area contributed by atoms with E-state index >= 15 is 0 Å². The van der Waals surface area contributed by atoms with Crippen molar-refractivity contribution >= 4 is 5.91 Å². The number of nitriles is 1. The number of rotatable bonds is 2. The molecule has 0 aromatic carbocycles. The van der Waals surface area contributed by atoms with Crippen LogP contribution in [0.4, 0.5) is 0 Å². The molecule has 0 unspecified atom stereocenters. The Bertz CT molecular complexity index is 409. The van der Waals surface area contributed by atoms with Crippen molar-refractivity contribution in [1.29, 1.82) is 5.26 Å². The van der Waals surface area contributed by atoms with Crippen molar-refractivity contribution in [2.75, 3.05) is 13.1 Å². The van der Waals surface area contributed by atoms with Gasteiger partial charge in [-0.2, -0.15) is 10.4 Å². The zero-order valence-corrected chi connectivity index (χ0v) is 8.65. The molecule has 2 heterocycles. The zero-order chi connectivity index (χ0) is 11.5. The number of hydrogen-bond acceptors (Lipinski definition) is 4. The van der Waals surface area contributed by atoms with E-state index in [9.17, 15) is 9.90 Å². The number of aromatic nitrogens is 2. The molecule has 6 nitrogen and oxygen atoms in total. The Morgan fingerprint density at radius 1 is 1.62 bits per heavy atom. The lowest BCUT2D eigenvalue weighted by atomic mass is 10.2. The van der Waals surface area contributed by atoms with Gasteiger partial charge in [0.25, 0.3) is 0 Å². The fourth-order valence-electron chi connectivity index (χ4n) is 1.89. The van der Waals surface area contributed by atoms with Crippen molar-refractivity contribution in [3.63, 3.8) is 0 Å². The van der Waals surface area contributed by atoms with Crippen molar-refractivity contribution in [3.8, 4) is 6.07 Å². The second kappa shape index (κ2) is 4.33. The molecule has 1 aliphatic rings. The van der Waals surface area contributed by atoms with E-state index in [0.29, 0.717) is 6.54 Å². The largest absolute Gasteiger partial charge is 0.389 e. The third-order valence-electron chi connectivity index (χ3n) is 2.71. The minimum absolute atomic E-state index is 0.140. The van der Waals surface area contributed by atoms with Gasteiger partial charge in [-0.05, 0) is 6.07 Å². The number of hydrogen-bond donors (Lipinski definition) is 1. The molecule has 84 valence electrons. The molecule has 1 aromatic rings. The summed E-state index contributed by atoms with van der Waals surface area (Å²) in [6.07, 6.45) is 2.62. The Morgan fingerprint density at radius 2 is 2.44 bits per heavy atom. The molecule has 16 heavy (non-hydrogen) atoms. The van der Waals surface area contributed by atoms with E-state index in [1.165, 1.54) is 4.90 Å². The first-order valence-corrected chi connectivity index (χ1v) is 5.04. The Balaban J connectivity index is 2.05. The lowest BCUT2D eigenvalue weighted by Gasteiger charge is -2.14. The van der Waals surface area contributed by atoms with Crippen molar-refractivity contribution in [1.82, 2.24) is 14.7 Å². The van der Waals surface area contributed by atoms with Gasteiger partial charge in [0.05, 0.1) is 18.2 Å². The highest BCUT2D eigenvalue weighted by molar-refractivity contribution is 5.78. The number of β-amino-alcohol motifs (C(OH)–C–C–N with tert-alkyl or cyclic N) is 1. The Labute approximate surface area is 92.7 Å². The van der Waals surface area contributed by atoms with Crippen LogP contribution in [0.5, 0.6) is 0 Å². The summed E-state index contributed by atoms with van der Waals surface area (Å²) in [7, 11) is 0. The highest BCUT2D eigenvalue weighted by Crippen LogP contribution is 2.21. The number of aliphatic hydroxyl groups is 1. The Kier molecular flexibility index (Phi) is 2.88. The van der Waals surface area contributed by atoms with Crippen LogP contribution in [-0.4, -0.2) is 44.9 Å². The Morgan fingerprint density at radius 3 is 3.06 bits per heavy atom. The zero-order valence-electron chi connectivity index (χ0n) is 8.65. The molecule has 0 aliphatic carbocycles. The number of carbonyl (C=O) groups is 1. The van der Waals surface area contributed by atoms with Crippen molar-refractivity contribution in [3.05, 3.63) is 18.5 Å². The maximum absolute atomic E-state index is 11.5. The summed E-state index contributed by atoms with van der Waals surface area (Å²) in [4.78, 5) is 13.0. The number of carbonyl (C=O) groups excluding carboxylic acids is 1. The van der Waals surface area contributed by atoms with Crippen molar-refractivity contribution in [2.24, 2.45) is 0 Å². The molecular weight excluding hydrogens is 208 g/mol. The normalized spacial score (nSPS) is 24.4. The van der Waals surface area contributed by atoms with Crippen LogP contribution in [0.15, 0.2) is 18.5 Å². The molecule has 1 aromatic heterocycles. The molecule has 1 aliphatic heterocycles. The summed E-state index contributed by atoms with van der Waals surface area (Å²) in [6.45, 7) is 0.675. The molecule has 0 radical (unpaired) electrons. The van der Waals surface area contributed by atoms with Gasteiger partial charge in [0.2, 0.25) is 5.91 Å². The van der Waals surface area contributed by atoms with Gasteiger partial charge in [0, 0.05) is 25.5 Å². The van der Waals surface area contributed by atoms with Crippen LogP contribution in [0, 0.1) is 11.3 Å². The van der Waals surface area contributed by atoms with Crippen LogP contribution in [0.1, 0.15) is 12.5 Å². The van der Waals surface area contributed by atoms with Crippen molar-refractivity contribution in [2.45, 2.75) is 18.6 Å². The molecule has 0 saturated carbocycles. The molecule has 1 fully saturated rings. The molecule has 1 N–H and O–H groups in total. The van der Waals surface area contributed by atoms with Gasteiger partial charge in [-0.3, -0.25) is 9.48 Å². The molecule has 0 bridgehead atoms. The molecule has 0 spiro atoms. The van der Waals surface area contributed by atoms with Gasteiger partial charge in [-0.1, -0.05) is 0 Å². The first-order chi connectivity index (χ1) is 7.72. The maximum Gasteiger partial charge on any atom is 0.236 e. The number of likely N-dealkylation sites (tertiary alicyclic amines) is 1. The predicted molar refractivity (Wildman–Crippen MR) is 54.1 cm³/mol. The number of amides is 1. The van der Waals surface area contributed by atoms with Crippen LogP contribution in [0.25, 0.3) is 0 Å². The van der Waals surface area contributed by atoms with E-state index in [0.717, 1.165) is 0 Å². The smallest absolute Gasteiger partial charge is 0.236 e. The Hall–Kier alpha value is -1.87. The first kappa shape index (κ1) is 10.6. The second-order valence-corrected chi connectivity index (χ2v) is 3.75. The predicted octanol–water partition coefficient (Wildman–Crippen LogP) is -0.459. The minimum atomic E-state index is -0.623. The summed E-state index contributed by atoms with van der Waals surface area (Å²) in [5.41, 5.74) is 0. The third-order valence-corrected chi connectivity index (χ3v) is 2.71. The van der Waals surface area contributed by atoms with Crippen LogP contribution < -0.4 is 0 Å². The quantitative estimate of drug-likeness (QED) is 0.731. The summed E-state index contributed by atoms with van der Waals surface area (Å²) in [6, 6.07) is 3.37. The van der Waals surface area contributed by atoms with Gasteiger partial charge in [0.1, 0.15) is 6.42 Å². The lowest BCUT2D eigenvalue weighted by Crippen LogP contribution is -2.29. The number of nitrogens with zero attached hydrogens (tertiary/aromatic N) is 4. The molecule has 1 saturated heterocycles. The van der Waals surface area contributed by atoms with Crippen molar-refractivity contribution < 1.29 is 9.90 Å². The summed E-state index contributed by atoms with van der Waals surface area (Å²) in [5.74, 6) is -0.240. The van der Waals surface area contributed by atoms with Gasteiger partial charge in [-0.25, -0.2) is 0 Å². The van der Waals surface area contributed by atoms with E-state index in [1.54, 1.807) is 23.1 Å². The number of aliphatic hydroxyl groups excluding tert-OH is 1. The maximum atomic E-state index is 11.5. The monoisotopic (exact) mass is 220 g/mol. The average Bonchev–Trinajstić information content (AvgIpc) is 2.86. The molecule has 1 amide bonds. The summed E-state index contributed by atoms with van der Waals surface area (Å²) in [5, 5.41) is 22.3.